The Labute approximate surface area is 126 Å². The Morgan fingerprint density at radius 2 is 2.19 bits per heavy atom. The largest absolute Gasteiger partial charge is 0.392 e. The molecule has 0 spiro atoms. The summed E-state index contributed by atoms with van der Waals surface area (Å²) in [7, 11) is -3.82. The van der Waals surface area contributed by atoms with Crippen LogP contribution in [0.15, 0.2) is 28.6 Å². The minimum absolute atomic E-state index is 0.0361. The fourth-order valence-corrected chi connectivity index (χ4v) is 3.78. The number of benzene rings is 1. The third-order valence-electron chi connectivity index (χ3n) is 2.94. The van der Waals surface area contributed by atoms with Crippen LogP contribution in [-0.2, 0) is 23.1 Å². The topological polar surface area (TPSA) is 79.3 Å². The highest BCUT2D eigenvalue weighted by molar-refractivity contribution is 7.89. The first-order chi connectivity index (χ1) is 9.94. The molecule has 5 nitrogen and oxygen atoms in total. The molecule has 2 rings (SSSR count). The van der Waals surface area contributed by atoms with Crippen LogP contribution in [0.5, 0.6) is 0 Å². The van der Waals surface area contributed by atoms with E-state index in [1.165, 1.54) is 24.3 Å². The van der Waals surface area contributed by atoms with Gasteiger partial charge in [-0.3, -0.25) is 0 Å². The van der Waals surface area contributed by atoms with Crippen molar-refractivity contribution >= 4 is 21.4 Å². The summed E-state index contributed by atoms with van der Waals surface area (Å²) in [6.45, 7) is 1.16. The fraction of sp³-hybridized carbons (Fsp3) is 0.308. The monoisotopic (exact) mass is 330 g/mol. The van der Waals surface area contributed by atoms with Crippen LogP contribution >= 0.6 is 11.3 Å². The van der Waals surface area contributed by atoms with Crippen molar-refractivity contribution in [1.29, 1.82) is 0 Å². The van der Waals surface area contributed by atoms with Crippen molar-refractivity contribution in [3.63, 3.8) is 0 Å². The van der Waals surface area contributed by atoms with Gasteiger partial charge in [-0.1, -0.05) is 0 Å². The number of aromatic nitrogens is 1. The van der Waals surface area contributed by atoms with Crippen molar-refractivity contribution in [2.75, 3.05) is 6.54 Å². The first-order valence-corrected chi connectivity index (χ1v) is 8.58. The highest BCUT2D eigenvalue weighted by Crippen LogP contribution is 2.20. The first-order valence-electron chi connectivity index (χ1n) is 6.22. The second kappa shape index (κ2) is 6.61. The molecule has 0 radical (unpaired) electrons. The zero-order chi connectivity index (χ0) is 15.5. The molecule has 0 aliphatic rings. The number of rotatable bonds is 6. The number of sulfonamides is 1. The summed E-state index contributed by atoms with van der Waals surface area (Å²) >= 11 is 1.44. The molecule has 0 aliphatic carbocycles. The van der Waals surface area contributed by atoms with Gasteiger partial charge >= 0.3 is 0 Å². The molecule has 0 saturated carbocycles. The molecule has 0 atom stereocenters. The third kappa shape index (κ3) is 3.85. The Hall–Kier alpha value is -1.35. The molecule has 1 aromatic carbocycles. The molecule has 0 fully saturated rings. The first kappa shape index (κ1) is 16.0. The second-order valence-electron chi connectivity index (χ2n) is 4.43. The molecule has 21 heavy (non-hydrogen) atoms. The number of aliphatic hydroxyl groups is 1. The van der Waals surface area contributed by atoms with Crippen molar-refractivity contribution in [2.24, 2.45) is 0 Å². The van der Waals surface area contributed by atoms with Crippen molar-refractivity contribution in [3.8, 4) is 0 Å². The average Bonchev–Trinajstić information content (AvgIpc) is 2.94. The van der Waals surface area contributed by atoms with Crippen molar-refractivity contribution < 1.29 is 17.9 Å². The lowest BCUT2D eigenvalue weighted by atomic mass is 10.1. The van der Waals surface area contributed by atoms with Gasteiger partial charge in [-0.25, -0.2) is 22.5 Å². The SMILES string of the molecule is Cc1c(F)cc(CO)cc1S(=O)(=O)NCCc1nccs1. The average molecular weight is 330 g/mol. The smallest absolute Gasteiger partial charge is 0.240 e. The van der Waals surface area contributed by atoms with Crippen LogP contribution in [0.25, 0.3) is 0 Å². The zero-order valence-electron chi connectivity index (χ0n) is 11.3. The van der Waals surface area contributed by atoms with E-state index in [4.69, 9.17) is 5.11 Å². The summed E-state index contributed by atoms with van der Waals surface area (Å²) in [6.07, 6.45) is 2.12. The maximum Gasteiger partial charge on any atom is 0.240 e. The lowest BCUT2D eigenvalue weighted by Crippen LogP contribution is -2.27. The van der Waals surface area contributed by atoms with Gasteiger partial charge in [0.05, 0.1) is 16.5 Å². The Morgan fingerprint density at radius 3 is 2.81 bits per heavy atom. The Kier molecular flexibility index (Phi) is 5.04. The van der Waals surface area contributed by atoms with Gasteiger partial charge in [0.1, 0.15) is 5.82 Å². The van der Waals surface area contributed by atoms with Crippen LogP contribution < -0.4 is 4.72 Å². The highest BCUT2D eigenvalue weighted by Gasteiger charge is 2.19. The lowest BCUT2D eigenvalue weighted by molar-refractivity contribution is 0.281. The quantitative estimate of drug-likeness (QED) is 0.843. The van der Waals surface area contributed by atoms with Gasteiger partial charge in [-0.15, -0.1) is 11.3 Å². The summed E-state index contributed by atoms with van der Waals surface area (Å²) in [5.74, 6) is -0.651. The number of halogens is 1. The maximum absolute atomic E-state index is 13.7. The maximum atomic E-state index is 13.7. The van der Waals surface area contributed by atoms with Gasteiger partial charge in [-0.05, 0) is 24.6 Å². The highest BCUT2D eigenvalue weighted by atomic mass is 32.2. The van der Waals surface area contributed by atoms with Gasteiger partial charge in [0.2, 0.25) is 10.0 Å². The molecule has 2 N–H and O–H groups in total. The van der Waals surface area contributed by atoms with Gasteiger partial charge in [0.25, 0.3) is 0 Å². The number of nitrogens with zero attached hydrogens (tertiary/aromatic N) is 1. The van der Waals surface area contributed by atoms with E-state index in [1.54, 1.807) is 6.20 Å². The van der Waals surface area contributed by atoms with Crippen molar-refractivity contribution in [2.45, 2.75) is 24.8 Å². The van der Waals surface area contributed by atoms with E-state index in [0.29, 0.717) is 6.42 Å². The predicted octanol–water partition coefficient (Wildman–Crippen LogP) is 1.60. The minimum Gasteiger partial charge on any atom is -0.392 e. The van der Waals surface area contributed by atoms with Crippen LogP contribution in [0.3, 0.4) is 0 Å². The standard InChI is InChI=1S/C13H15FN2O3S2/c1-9-11(14)6-10(8-17)7-12(9)21(18,19)16-3-2-13-15-4-5-20-13/h4-7,16-17H,2-3,8H2,1H3. The molecule has 1 heterocycles. The van der Waals surface area contributed by atoms with Crippen LogP contribution in [0.1, 0.15) is 16.1 Å². The van der Waals surface area contributed by atoms with Crippen LogP contribution in [0, 0.1) is 12.7 Å². The number of thiazole rings is 1. The van der Waals surface area contributed by atoms with E-state index in [2.05, 4.69) is 9.71 Å². The number of aliphatic hydroxyl groups excluding tert-OH is 1. The third-order valence-corrected chi connectivity index (χ3v) is 5.37. The van der Waals surface area contributed by atoms with Gasteiger partial charge in [0, 0.05) is 30.1 Å². The predicted molar refractivity (Wildman–Crippen MR) is 78.1 cm³/mol. The number of hydrogen-bond acceptors (Lipinski definition) is 5. The van der Waals surface area contributed by atoms with E-state index < -0.39 is 22.4 Å². The Morgan fingerprint density at radius 1 is 1.43 bits per heavy atom. The molecule has 8 heteroatoms. The zero-order valence-corrected chi connectivity index (χ0v) is 13.0. The molecule has 0 amide bonds. The van der Waals surface area contributed by atoms with Gasteiger partial charge in [0.15, 0.2) is 0 Å². The summed E-state index contributed by atoms with van der Waals surface area (Å²) in [5.41, 5.74) is 0.257. The molecular formula is C13H15FN2O3S2. The fourth-order valence-electron chi connectivity index (χ4n) is 1.82. The molecule has 0 saturated heterocycles. The van der Waals surface area contributed by atoms with Crippen molar-refractivity contribution in [1.82, 2.24) is 9.71 Å². The van der Waals surface area contributed by atoms with E-state index in [-0.39, 0.29) is 22.6 Å². The van der Waals surface area contributed by atoms with E-state index in [0.717, 1.165) is 11.1 Å². The molecule has 0 bridgehead atoms. The molecule has 114 valence electrons. The lowest BCUT2D eigenvalue weighted by Gasteiger charge is -2.11. The summed E-state index contributed by atoms with van der Waals surface area (Å²) in [5, 5.41) is 11.7. The van der Waals surface area contributed by atoms with Crippen LogP contribution in [-0.4, -0.2) is 25.1 Å². The number of hydrogen-bond donors (Lipinski definition) is 2. The summed E-state index contributed by atoms with van der Waals surface area (Å²) in [4.78, 5) is 3.91. The van der Waals surface area contributed by atoms with Gasteiger partial charge < -0.3 is 5.11 Å². The molecule has 0 aliphatic heterocycles. The van der Waals surface area contributed by atoms with E-state index in [1.807, 2.05) is 5.38 Å². The van der Waals surface area contributed by atoms with Crippen molar-refractivity contribution in [3.05, 3.63) is 45.7 Å². The Balaban J connectivity index is 2.17. The summed E-state index contributed by atoms with van der Waals surface area (Å²) < 4.78 is 40.6. The minimum atomic E-state index is -3.82. The molecular weight excluding hydrogens is 315 g/mol. The summed E-state index contributed by atoms with van der Waals surface area (Å²) in [6, 6.07) is 2.41. The second-order valence-corrected chi connectivity index (χ2v) is 7.15. The molecule has 2 aromatic rings. The van der Waals surface area contributed by atoms with Crippen LogP contribution in [0.4, 0.5) is 4.39 Å². The van der Waals surface area contributed by atoms with E-state index >= 15 is 0 Å². The molecule has 0 unspecified atom stereocenters. The normalized spacial score (nSPS) is 11.8. The van der Waals surface area contributed by atoms with Crippen LogP contribution in [0.2, 0.25) is 0 Å². The number of nitrogens with one attached hydrogen (secondary N) is 1. The Bertz CT molecular complexity index is 715. The van der Waals surface area contributed by atoms with Gasteiger partial charge in [-0.2, -0.15) is 0 Å². The van der Waals surface area contributed by atoms with E-state index in [9.17, 15) is 12.8 Å². The molecule has 1 aromatic heterocycles.